The summed E-state index contributed by atoms with van der Waals surface area (Å²) in [7, 11) is -4.16. The summed E-state index contributed by atoms with van der Waals surface area (Å²) >= 11 is 0. The van der Waals surface area contributed by atoms with E-state index in [1.807, 2.05) is 0 Å². The fraction of sp³-hybridized carbons (Fsp3) is 0.500. The third kappa shape index (κ3) is 3.66. The van der Waals surface area contributed by atoms with Crippen LogP contribution in [0.1, 0.15) is 28.8 Å². The van der Waals surface area contributed by atoms with Crippen LogP contribution in [0.25, 0.3) is 0 Å². The van der Waals surface area contributed by atoms with Crippen LogP contribution in [-0.4, -0.2) is 43.1 Å². The molecule has 0 unspecified atom stereocenters. The number of carbonyl (C=O) groups is 1. The van der Waals surface area contributed by atoms with E-state index in [0.717, 1.165) is 10.4 Å². The molecule has 1 aliphatic heterocycles. The number of alkyl halides is 3. The van der Waals surface area contributed by atoms with Gasteiger partial charge in [-0.15, -0.1) is 0 Å². The number of rotatable bonds is 3. The summed E-state index contributed by atoms with van der Waals surface area (Å²) in [5.41, 5.74) is 0.193. The van der Waals surface area contributed by atoms with Gasteiger partial charge in [-0.05, 0) is 37.5 Å². The molecule has 1 heterocycles. The fourth-order valence-corrected chi connectivity index (χ4v) is 4.12. The molecule has 1 N–H and O–H groups in total. The average molecular weight is 351 g/mol. The minimum atomic E-state index is -4.45. The highest BCUT2D eigenvalue weighted by Crippen LogP contribution is 2.35. The number of halogens is 3. The van der Waals surface area contributed by atoms with Crippen molar-refractivity contribution in [2.75, 3.05) is 13.1 Å². The summed E-state index contributed by atoms with van der Waals surface area (Å²) in [6, 6.07) is 3.54. The van der Waals surface area contributed by atoms with Crippen LogP contribution in [0.4, 0.5) is 13.2 Å². The molecular weight excluding hydrogens is 335 g/mol. The Morgan fingerprint density at radius 1 is 1.35 bits per heavy atom. The zero-order chi connectivity index (χ0) is 17.4. The number of piperidine rings is 1. The van der Waals surface area contributed by atoms with Crippen molar-refractivity contribution in [2.45, 2.75) is 30.8 Å². The molecule has 128 valence electrons. The number of hydrogen-bond donors (Lipinski definition) is 1. The first-order valence-corrected chi connectivity index (χ1v) is 8.38. The Morgan fingerprint density at radius 2 is 2.00 bits per heavy atom. The highest BCUT2D eigenvalue weighted by atomic mass is 32.2. The SMILES string of the molecule is Cc1ccc(S(=O)(=O)N2CCC[C@@H](C(F)(F)F)C2)cc1C(=O)O. The highest BCUT2D eigenvalue weighted by Gasteiger charge is 2.44. The fourth-order valence-electron chi connectivity index (χ4n) is 2.57. The summed E-state index contributed by atoms with van der Waals surface area (Å²) in [6.45, 7) is 0.869. The van der Waals surface area contributed by atoms with Crippen molar-refractivity contribution >= 4 is 16.0 Å². The largest absolute Gasteiger partial charge is 0.478 e. The van der Waals surface area contributed by atoms with Gasteiger partial charge in [0.2, 0.25) is 10.0 Å². The lowest BCUT2D eigenvalue weighted by Crippen LogP contribution is -2.44. The lowest BCUT2D eigenvalue weighted by atomic mass is 9.99. The highest BCUT2D eigenvalue weighted by molar-refractivity contribution is 7.89. The van der Waals surface area contributed by atoms with Crippen LogP contribution in [0.3, 0.4) is 0 Å². The Balaban J connectivity index is 2.35. The zero-order valence-electron chi connectivity index (χ0n) is 12.3. The van der Waals surface area contributed by atoms with Crippen LogP contribution in [0.2, 0.25) is 0 Å². The third-order valence-corrected chi connectivity index (χ3v) is 5.79. The maximum atomic E-state index is 12.8. The molecule has 2 rings (SSSR count). The van der Waals surface area contributed by atoms with E-state index < -0.39 is 34.6 Å². The first-order valence-electron chi connectivity index (χ1n) is 6.94. The smallest absolute Gasteiger partial charge is 0.393 e. The summed E-state index contributed by atoms with van der Waals surface area (Å²) in [4.78, 5) is 10.8. The average Bonchev–Trinajstić information content (AvgIpc) is 2.46. The molecule has 0 aromatic heterocycles. The van der Waals surface area contributed by atoms with Crippen LogP contribution in [-0.2, 0) is 10.0 Å². The summed E-state index contributed by atoms with van der Waals surface area (Å²) < 4.78 is 64.3. The standard InChI is InChI=1S/C14H16F3NO4S/c1-9-4-5-11(7-12(9)13(19)20)23(21,22)18-6-2-3-10(8-18)14(15,16)17/h4-5,7,10H,2-3,6,8H2,1H3,(H,19,20)/t10-/m1/s1. The molecule has 1 fully saturated rings. The van der Waals surface area contributed by atoms with Crippen molar-refractivity contribution in [1.82, 2.24) is 4.31 Å². The molecule has 1 saturated heterocycles. The minimum absolute atomic E-state index is 0.00874. The summed E-state index contributed by atoms with van der Waals surface area (Å²) in [5.74, 6) is -2.98. The van der Waals surface area contributed by atoms with E-state index >= 15 is 0 Å². The summed E-state index contributed by atoms with van der Waals surface area (Å²) in [5, 5.41) is 9.06. The first-order chi connectivity index (χ1) is 10.5. The second-order valence-electron chi connectivity index (χ2n) is 5.53. The zero-order valence-corrected chi connectivity index (χ0v) is 13.1. The second kappa shape index (κ2) is 6.12. The molecule has 1 aromatic rings. The predicted molar refractivity (Wildman–Crippen MR) is 75.7 cm³/mol. The maximum absolute atomic E-state index is 12.8. The number of sulfonamides is 1. The molecule has 0 bridgehead atoms. The van der Waals surface area contributed by atoms with Crippen molar-refractivity contribution in [3.8, 4) is 0 Å². The van der Waals surface area contributed by atoms with Gasteiger partial charge < -0.3 is 5.11 Å². The first kappa shape index (κ1) is 17.7. The number of aryl methyl sites for hydroxylation is 1. The Kier molecular flexibility index (Phi) is 4.72. The number of nitrogens with zero attached hydrogens (tertiary/aromatic N) is 1. The van der Waals surface area contributed by atoms with Crippen LogP contribution >= 0.6 is 0 Å². The van der Waals surface area contributed by atoms with Gasteiger partial charge in [0.1, 0.15) is 0 Å². The molecule has 0 aliphatic carbocycles. The van der Waals surface area contributed by atoms with Crippen LogP contribution < -0.4 is 0 Å². The van der Waals surface area contributed by atoms with E-state index in [0.29, 0.717) is 5.56 Å². The number of hydrogen-bond acceptors (Lipinski definition) is 3. The molecule has 0 amide bonds. The van der Waals surface area contributed by atoms with Gasteiger partial charge in [-0.1, -0.05) is 6.07 Å². The van der Waals surface area contributed by atoms with Crippen LogP contribution in [0, 0.1) is 12.8 Å². The number of aromatic carboxylic acids is 1. The van der Waals surface area contributed by atoms with Gasteiger partial charge in [-0.3, -0.25) is 0 Å². The van der Waals surface area contributed by atoms with Gasteiger partial charge in [0.25, 0.3) is 0 Å². The molecule has 0 saturated carbocycles. The third-order valence-electron chi connectivity index (χ3n) is 3.92. The number of carboxylic acids is 1. The second-order valence-corrected chi connectivity index (χ2v) is 7.46. The van der Waals surface area contributed by atoms with Gasteiger partial charge in [0, 0.05) is 13.1 Å². The lowest BCUT2D eigenvalue weighted by Gasteiger charge is -2.33. The predicted octanol–water partition coefficient (Wildman–Crippen LogP) is 2.66. The number of benzene rings is 1. The van der Waals surface area contributed by atoms with E-state index in [2.05, 4.69) is 0 Å². The molecule has 23 heavy (non-hydrogen) atoms. The van der Waals surface area contributed by atoms with Crippen molar-refractivity contribution < 1.29 is 31.5 Å². The maximum Gasteiger partial charge on any atom is 0.393 e. The van der Waals surface area contributed by atoms with E-state index in [-0.39, 0.29) is 29.8 Å². The Morgan fingerprint density at radius 3 is 2.57 bits per heavy atom. The molecule has 1 aromatic carbocycles. The molecule has 9 heteroatoms. The van der Waals surface area contributed by atoms with E-state index in [9.17, 15) is 26.4 Å². The molecule has 0 spiro atoms. The lowest BCUT2D eigenvalue weighted by molar-refractivity contribution is -0.182. The van der Waals surface area contributed by atoms with Crippen molar-refractivity contribution in [2.24, 2.45) is 5.92 Å². The Labute approximate surface area is 131 Å². The van der Waals surface area contributed by atoms with Crippen molar-refractivity contribution in [1.29, 1.82) is 0 Å². The Hall–Kier alpha value is -1.61. The van der Waals surface area contributed by atoms with Crippen LogP contribution in [0.15, 0.2) is 23.1 Å². The van der Waals surface area contributed by atoms with Gasteiger partial charge in [0.15, 0.2) is 0 Å². The van der Waals surface area contributed by atoms with Gasteiger partial charge in [0.05, 0.1) is 16.4 Å². The normalized spacial score (nSPS) is 20.4. The van der Waals surface area contributed by atoms with Crippen molar-refractivity contribution in [3.05, 3.63) is 29.3 Å². The summed E-state index contributed by atoms with van der Waals surface area (Å²) in [6.07, 6.45) is -4.45. The quantitative estimate of drug-likeness (QED) is 0.908. The number of carboxylic acid groups (broad SMARTS) is 1. The van der Waals surface area contributed by atoms with E-state index in [4.69, 9.17) is 5.11 Å². The monoisotopic (exact) mass is 351 g/mol. The molecule has 5 nitrogen and oxygen atoms in total. The van der Waals surface area contributed by atoms with E-state index in [1.54, 1.807) is 0 Å². The van der Waals surface area contributed by atoms with Gasteiger partial charge in [-0.25, -0.2) is 13.2 Å². The topological polar surface area (TPSA) is 74.7 Å². The van der Waals surface area contributed by atoms with Crippen molar-refractivity contribution in [3.63, 3.8) is 0 Å². The Bertz CT molecular complexity index is 715. The molecular formula is C14H16F3NO4S. The minimum Gasteiger partial charge on any atom is -0.478 e. The molecule has 1 aliphatic rings. The molecule has 1 atom stereocenters. The van der Waals surface area contributed by atoms with Gasteiger partial charge in [-0.2, -0.15) is 17.5 Å². The van der Waals surface area contributed by atoms with Gasteiger partial charge >= 0.3 is 12.1 Å². The van der Waals surface area contributed by atoms with Crippen LogP contribution in [0.5, 0.6) is 0 Å². The van der Waals surface area contributed by atoms with E-state index in [1.165, 1.54) is 19.1 Å². The molecule has 0 radical (unpaired) electrons.